The number of aliphatic hydroxyl groups is 3. The van der Waals surface area contributed by atoms with E-state index < -0.39 is 24.4 Å². The van der Waals surface area contributed by atoms with Crippen LogP contribution in [0, 0.1) is 0 Å². The van der Waals surface area contributed by atoms with E-state index in [1.165, 1.54) is 11.8 Å². The van der Waals surface area contributed by atoms with Gasteiger partial charge in [0.15, 0.2) is 5.17 Å². The molecule has 7 heteroatoms. The van der Waals surface area contributed by atoms with Crippen LogP contribution in [-0.2, 0) is 4.74 Å². The van der Waals surface area contributed by atoms with E-state index in [1.807, 2.05) is 0 Å². The summed E-state index contributed by atoms with van der Waals surface area (Å²) in [7, 11) is 1.73. The van der Waals surface area contributed by atoms with Crippen molar-refractivity contribution in [3.8, 4) is 0 Å². The Morgan fingerprint density at radius 2 is 2.20 bits per heavy atom. The molecule has 6 nitrogen and oxygen atoms in total. The summed E-state index contributed by atoms with van der Waals surface area (Å²) in [5.41, 5.74) is -0.331. The number of fused-ring (bicyclic) bond motifs is 1. The third-order valence-electron chi connectivity index (χ3n) is 2.56. The number of rotatable bonds is 1. The van der Waals surface area contributed by atoms with Crippen LogP contribution < -0.4 is 5.32 Å². The van der Waals surface area contributed by atoms with Crippen LogP contribution in [0.3, 0.4) is 0 Å². The first kappa shape index (κ1) is 11.2. The average Bonchev–Trinajstić information content (AvgIpc) is 2.66. The molecule has 1 saturated heterocycles. The fourth-order valence-corrected chi connectivity index (χ4v) is 2.78. The van der Waals surface area contributed by atoms with Crippen LogP contribution in [0.1, 0.15) is 0 Å². The van der Waals surface area contributed by atoms with Gasteiger partial charge in [0.2, 0.25) is 0 Å². The van der Waals surface area contributed by atoms with E-state index in [1.54, 1.807) is 7.05 Å². The van der Waals surface area contributed by atoms with E-state index in [9.17, 15) is 10.2 Å². The molecule has 0 amide bonds. The van der Waals surface area contributed by atoms with Gasteiger partial charge in [-0.05, 0) is 0 Å². The number of thioether (sulfide) groups is 1. The van der Waals surface area contributed by atoms with Gasteiger partial charge in [0.25, 0.3) is 0 Å². The Bertz CT molecular complexity index is 275. The van der Waals surface area contributed by atoms with Gasteiger partial charge in [-0.3, -0.25) is 4.99 Å². The van der Waals surface area contributed by atoms with Crippen molar-refractivity contribution in [3.63, 3.8) is 0 Å². The molecule has 0 radical (unpaired) electrons. The molecule has 0 spiro atoms. The summed E-state index contributed by atoms with van der Waals surface area (Å²) >= 11 is 1.35. The topological polar surface area (TPSA) is 94.3 Å². The van der Waals surface area contributed by atoms with Gasteiger partial charge in [-0.2, -0.15) is 0 Å². The maximum absolute atomic E-state index is 9.77. The number of ether oxygens (including phenoxy) is 1. The Morgan fingerprint density at radius 3 is 2.80 bits per heavy atom. The van der Waals surface area contributed by atoms with Crippen molar-refractivity contribution in [2.24, 2.45) is 4.99 Å². The van der Waals surface area contributed by atoms with Gasteiger partial charge in [-0.15, -0.1) is 0 Å². The van der Waals surface area contributed by atoms with Crippen LogP contribution in [0.15, 0.2) is 4.99 Å². The highest BCUT2D eigenvalue weighted by Gasteiger charge is 2.47. The van der Waals surface area contributed by atoms with Crippen LogP contribution >= 0.6 is 11.8 Å². The van der Waals surface area contributed by atoms with Crippen LogP contribution in [-0.4, -0.2) is 63.9 Å². The third-order valence-corrected chi connectivity index (χ3v) is 3.71. The third kappa shape index (κ3) is 1.85. The lowest BCUT2D eigenvalue weighted by atomic mass is 9.99. The van der Waals surface area contributed by atoms with Crippen LogP contribution in [0.5, 0.6) is 0 Å². The molecule has 0 aromatic rings. The SMILES string of the molecule is CNC1=N[C@@H]2[C@@H](O)[C@@H](O)[C@@H](CO)O[C@@H]2S1. The number of aliphatic imine (C=N–C) groups is 1. The lowest BCUT2D eigenvalue weighted by Gasteiger charge is -2.37. The second-order valence-corrected chi connectivity index (χ2v) is 4.59. The minimum absolute atomic E-state index is 0.309. The second kappa shape index (κ2) is 4.26. The van der Waals surface area contributed by atoms with E-state index in [2.05, 4.69) is 10.3 Å². The Balaban J connectivity index is 2.12. The maximum Gasteiger partial charge on any atom is 0.159 e. The fraction of sp³-hybridized carbons (Fsp3) is 0.875. The standard InChI is InChI=1S/C8H14N2O4S/c1-9-8-10-4-6(13)5(12)3(2-11)14-7(4)15-8/h3-7,11-13H,2H2,1H3,(H,9,10)/t3-,4-,5+,6-,7-/m1/s1. The Kier molecular flexibility index (Phi) is 3.17. The number of nitrogens with zero attached hydrogens (tertiary/aromatic N) is 1. The first-order valence-corrected chi connectivity index (χ1v) is 5.60. The van der Waals surface area contributed by atoms with E-state index in [0.717, 1.165) is 0 Å². The summed E-state index contributed by atoms with van der Waals surface area (Å²) in [5.74, 6) is 0. The van der Waals surface area contributed by atoms with Crippen molar-refractivity contribution in [1.82, 2.24) is 5.32 Å². The predicted octanol–water partition coefficient (Wildman–Crippen LogP) is -1.88. The first-order chi connectivity index (χ1) is 7.17. The number of aliphatic hydroxyl groups excluding tert-OH is 3. The van der Waals surface area contributed by atoms with Gasteiger partial charge < -0.3 is 25.4 Å². The first-order valence-electron chi connectivity index (χ1n) is 4.72. The van der Waals surface area contributed by atoms with E-state index in [0.29, 0.717) is 5.17 Å². The lowest BCUT2D eigenvalue weighted by molar-refractivity contribution is -0.164. The van der Waals surface area contributed by atoms with Gasteiger partial charge in [0, 0.05) is 7.05 Å². The zero-order valence-corrected chi connectivity index (χ0v) is 9.02. The molecule has 2 heterocycles. The molecule has 2 rings (SSSR count). The van der Waals surface area contributed by atoms with Crippen LogP contribution in [0.4, 0.5) is 0 Å². The Labute approximate surface area is 91.3 Å². The van der Waals surface area contributed by atoms with E-state index in [4.69, 9.17) is 9.84 Å². The summed E-state index contributed by atoms with van der Waals surface area (Å²) in [5, 5.41) is 31.9. The molecule has 15 heavy (non-hydrogen) atoms. The molecule has 0 saturated carbocycles. The number of hydrogen-bond donors (Lipinski definition) is 4. The zero-order valence-electron chi connectivity index (χ0n) is 8.20. The summed E-state index contributed by atoms with van der Waals surface area (Å²) in [6.45, 7) is -0.309. The number of hydrogen-bond acceptors (Lipinski definition) is 7. The van der Waals surface area contributed by atoms with Crippen LogP contribution in [0.25, 0.3) is 0 Å². The smallest absolute Gasteiger partial charge is 0.159 e. The molecule has 0 unspecified atom stereocenters. The summed E-state index contributed by atoms with van der Waals surface area (Å²) in [6, 6.07) is -0.463. The lowest BCUT2D eigenvalue weighted by Crippen LogP contribution is -2.55. The minimum atomic E-state index is -1.09. The van der Waals surface area contributed by atoms with Gasteiger partial charge in [-0.1, -0.05) is 11.8 Å². The van der Waals surface area contributed by atoms with Crippen molar-refractivity contribution >= 4 is 16.9 Å². The highest BCUT2D eigenvalue weighted by molar-refractivity contribution is 8.14. The van der Waals surface area contributed by atoms with Gasteiger partial charge in [0.1, 0.15) is 29.8 Å². The molecule has 0 aromatic carbocycles. The largest absolute Gasteiger partial charge is 0.394 e. The zero-order chi connectivity index (χ0) is 11.0. The number of nitrogens with one attached hydrogen (secondary N) is 1. The molecular formula is C8H14N2O4S. The maximum atomic E-state index is 9.77. The Morgan fingerprint density at radius 1 is 1.47 bits per heavy atom. The summed E-state index contributed by atoms with van der Waals surface area (Å²) < 4.78 is 5.42. The molecule has 1 fully saturated rings. The van der Waals surface area contributed by atoms with E-state index in [-0.39, 0.29) is 12.0 Å². The molecule has 2 aliphatic rings. The van der Waals surface area contributed by atoms with Crippen molar-refractivity contribution in [2.45, 2.75) is 29.8 Å². The molecule has 0 aliphatic carbocycles. The highest BCUT2D eigenvalue weighted by Crippen LogP contribution is 2.35. The highest BCUT2D eigenvalue weighted by atomic mass is 32.2. The van der Waals surface area contributed by atoms with Crippen molar-refractivity contribution in [2.75, 3.05) is 13.7 Å². The molecule has 86 valence electrons. The minimum Gasteiger partial charge on any atom is -0.394 e. The quantitative estimate of drug-likeness (QED) is 0.424. The van der Waals surface area contributed by atoms with E-state index >= 15 is 0 Å². The predicted molar refractivity (Wildman–Crippen MR) is 55.6 cm³/mol. The fourth-order valence-electron chi connectivity index (χ4n) is 1.70. The van der Waals surface area contributed by atoms with Crippen molar-refractivity contribution in [1.29, 1.82) is 0 Å². The van der Waals surface area contributed by atoms with Gasteiger partial charge in [0.05, 0.1) is 6.61 Å². The van der Waals surface area contributed by atoms with Gasteiger partial charge in [-0.25, -0.2) is 0 Å². The molecule has 2 aliphatic heterocycles. The molecule has 5 atom stereocenters. The summed E-state index contributed by atoms with van der Waals surface area (Å²) in [6.07, 6.45) is -2.81. The van der Waals surface area contributed by atoms with Crippen LogP contribution in [0.2, 0.25) is 0 Å². The monoisotopic (exact) mass is 234 g/mol. The molecule has 0 bridgehead atoms. The average molecular weight is 234 g/mol. The second-order valence-electron chi connectivity index (χ2n) is 3.50. The molecular weight excluding hydrogens is 220 g/mol. The molecule has 4 N–H and O–H groups in total. The van der Waals surface area contributed by atoms with Gasteiger partial charge >= 0.3 is 0 Å². The summed E-state index contributed by atoms with van der Waals surface area (Å²) in [4.78, 5) is 4.18. The Hall–Kier alpha value is -0.340. The van der Waals surface area contributed by atoms with Crippen molar-refractivity contribution in [3.05, 3.63) is 0 Å². The number of amidine groups is 1. The van der Waals surface area contributed by atoms with Crippen molar-refractivity contribution < 1.29 is 20.1 Å². The normalized spacial score (nSPS) is 44.8. The molecule has 0 aromatic heterocycles.